The van der Waals surface area contributed by atoms with Crippen LogP contribution in [-0.2, 0) is 4.79 Å². The molecule has 1 saturated heterocycles. The SMILES string of the molecule is O=C1CC(O)CN1c1c(O)cccc1Br. The average Bonchev–Trinajstić information content (AvgIpc) is 2.45. The largest absolute Gasteiger partial charge is 0.506 e. The van der Waals surface area contributed by atoms with Gasteiger partial charge in [-0.1, -0.05) is 6.07 Å². The maximum Gasteiger partial charge on any atom is 0.229 e. The Balaban J connectivity index is 2.41. The molecule has 1 heterocycles. The summed E-state index contributed by atoms with van der Waals surface area (Å²) >= 11 is 3.27. The van der Waals surface area contributed by atoms with Crippen LogP contribution in [0.15, 0.2) is 22.7 Å². The summed E-state index contributed by atoms with van der Waals surface area (Å²) in [6.45, 7) is 0.231. The number of nitrogens with zero attached hydrogens (tertiary/aromatic N) is 1. The van der Waals surface area contributed by atoms with E-state index in [0.717, 1.165) is 0 Å². The Morgan fingerprint density at radius 1 is 1.47 bits per heavy atom. The highest BCUT2D eigenvalue weighted by Gasteiger charge is 2.31. The lowest BCUT2D eigenvalue weighted by Crippen LogP contribution is -2.25. The minimum atomic E-state index is -0.649. The molecule has 0 radical (unpaired) electrons. The third kappa shape index (κ3) is 1.85. The predicted molar refractivity (Wildman–Crippen MR) is 58.8 cm³/mol. The molecular weight excluding hydrogens is 262 g/mol. The van der Waals surface area contributed by atoms with E-state index < -0.39 is 6.10 Å². The topological polar surface area (TPSA) is 60.8 Å². The van der Waals surface area contributed by atoms with Gasteiger partial charge in [-0.25, -0.2) is 0 Å². The Kier molecular flexibility index (Phi) is 2.67. The van der Waals surface area contributed by atoms with Gasteiger partial charge in [0, 0.05) is 4.47 Å². The van der Waals surface area contributed by atoms with Crippen LogP contribution >= 0.6 is 15.9 Å². The van der Waals surface area contributed by atoms with E-state index in [2.05, 4.69) is 15.9 Å². The molecule has 0 spiro atoms. The highest BCUT2D eigenvalue weighted by Crippen LogP contribution is 2.37. The van der Waals surface area contributed by atoms with Gasteiger partial charge in [-0.3, -0.25) is 4.79 Å². The van der Waals surface area contributed by atoms with Crippen molar-refractivity contribution in [2.75, 3.05) is 11.4 Å². The van der Waals surface area contributed by atoms with Crippen molar-refractivity contribution >= 4 is 27.5 Å². The van der Waals surface area contributed by atoms with Crippen molar-refractivity contribution in [1.82, 2.24) is 0 Å². The summed E-state index contributed by atoms with van der Waals surface area (Å²) in [4.78, 5) is 12.9. The molecular formula is C10H10BrNO3. The van der Waals surface area contributed by atoms with Gasteiger partial charge in [0.2, 0.25) is 5.91 Å². The molecule has 1 unspecified atom stereocenters. The molecule has 0 saturated carbocycles. The molecule has 1 aliphatic heterocycles. The van der Waals surface area contributed by atoms with E-state index in [9.17, 15) is 15.0 Å². The molecule has 1 aromatic rings. The third-order valence-corrected chi connectivity index (χ3v) is 2.98. The second kappa shape index (κ2) is 3.83. The van der Waals surface area contributed by atoms with Crippen molar-refractivity contribution in [3.8, 4) is 5.75 Å². The molecule has 0 aliphatic carbocycles. The van der Waals surface area contributed by atoms with Gasteiger partial charge in [-0.05, 0) is 28.1 Å². The van der Waals surface area contributed by atoms with Gasteiger partial charge in [-0.15, -0.1) is 0 Å². The van der Waals surface area contributed by atoms with Crippen LogP contribution in [0.25, 0.3) is 0 Å². The van der Waals surface area contributed by atoms with Gasteiger partial charge in [0.05, 0.1) is 19.1 Å². The number of phenols is 1. The van der Waals surface area contributed by atoms with Crippen molar-refractivity contribution in [2.45, 2.75) is 12.5 Å². The summed E-state index contributed by atoms with van der Waals surface area (Å²) in [6.07, 6.45) is -0.537. The average molecular weight is 272 g/mol. The number of benzene rings is 1. The highest BCUT2D eigenvalue weighted by molar-refractivity contribution is 9.10. The molecule has 1 fully saturated rings. The molecule has 80 valence electrons. The van der Waals surface area contributed by atoms with Crippen LogP contribution in [0.2, 0.25) is 0 Å². The summed E-state index contributed by atoms with van der Waals surface area (Å²) in [5, 5.41) is 19.0. The number of hydrogen-bond acceptors (Lipinski definition) is 3. The van der Waals surface area contributed by atoms with Crippen molar-refractivity contribution in [3.05, 3.63) is 22.7 Å². The molecule has 2 N–H and O–H groups in total. The number of carbonyl (C=O) groups excluding carboxylic acids is 1. The van der Waals surface area contributed by atoms with E-state index in [1.54, 1.807) is 12.1 Å². The number of β-amino-alcohol motifs (C(OH)–C–C–N with tert-alkyl or cyclic N) is 1. The lowest BCUT2D eigenvalue weighted by molar-refractivity contribution is -0.117. The number of halogens is 1. The van der Waals surface area contributed by atoms with Gasteiger partial charge in [0.25, 0.3) is 0 Å². The number of amides is 1. The van der Waals surface area contributed by atoms with Crippen molar-refractivity contribution in [3.63, 3.8) is 0 Å². The summed E-state index contributed by atoms with van der Waals surface area (Å²) in [6, 6.07) is 4.94. The van der Waals surface area contributed by atoms with Crippen LogP contribution in [-0.4, -0.2) is 28.8 Å². The summed E-state index contributed by atoms with van der Waals surface area (Å²) in [5.41, 5.74) is 0.430. The maximum absolute atomic E-state index is 11.5. The van der Waals surface area contributed by atoms with Crippen molar-refractivity contribution in [2.24, 2.45) is 0 Å². The van der Waals surface area contributed by atoms with Gasteiger partial charge in [0.15, 0.2) is 0 Å². The maximum atomic E-state index is 11.5. The fourth-order valence-electron chi connectivity index (χ4n) is 1.68. The highest BCUT2D eigenvalue weighted by atomic mass is 79.9. The molecule has 2 rings (SSSR count). The first-order valence-electron chi connectivity index (χ1n) is 4.55. The predicted octanol–water partition coefficient (Wildman–Crippen LogP) is 1.25. The molecule has 0 bridgehead atoms. The van der Waals surface area contributed by atoms with Gasteiger partial charge >= 0.3 is 0 Å². The Morgan fingerprint density at radius 2 is 2.20 bits per heavy atom. The van der Waals surface area contributed by atoms with E-state index in [-0.39, 0.29) is 24.6 Å². The molecule has 1 aromatic carbocycles. The number of phenolic OH excluding ortho intramolecular Hbond substituents is 1. The molecule has 0 aromatic heterocycles. The quantitative estimate of drug-likeness (QED) is 0.808. The second-order valence-corrected chi connectivity index (χ2v) is 4.32. The van der Waals surface area contributed by atoms with Crippen molar-refractivity contribution < 1.29 is 15.0 Å². The van der Waals surface area contributed by atoms with Gasteiger partial charge < -0.3 is 15.1 Å². The summed E-state index contributed by atoms with van der Waals surface area (Å²) < 4.78 is 0.643. The second-order valence-electron chi connectivity index (χ2n) is 3.47. The smallest absolute Gasteiger partial charge is 0.229 e. The van der Waals surface area contributed by atoms with E-state index in [1.807, 2.05) is 0 Å². The first kappa shape index (κ1) is 10.4. The zero-order chi connectivity index (χ0) is 11.0. The van der Waals surface area contributed by atoms with E-state index in [0.29, 0.717) is 10.2 Å². The Bertz CT molecular complexity index is 387. The molecule has 5 heteroatoms. The fourth-order valence-corrected chi connectivity index (χ4v) is 2.25. The van der Waals surface area contributed by atoms with Crippen LogP contribution in [0.3, 0.4) is 0 Å². The van der Waals surface area contributed by atoms with Crippen LogP contribution in [0, 0.1) is 0 Å². The monoisotopic (exact) mass is 271 g/mol. The normalized spacial score (nSPS) is 21.1. The first-order chi connectivity index (χ1) is 7.09. The molecule has 15 heavy (non-hydrogen) atoms. The zero-order valence-electron chi connectivity index (χ0n) is 7.85. The number of aliphatic hydroxyl groups excluding tert-OH is 1. The lowest BCUT2D eigenvalue weighted by Gasteiger charge is -2.18. The third-order valence-electron chi connectivity index (χ3n) is 2.34. The molecule has 4 nitrogen and oxygen atoms in total. The van der Waals surface area contributed by atoms with Crippen molar-refractivity contribution in [1.29, 1.82) is 0 Å². The Labute approximate surface area is 95.3 Å². The number of hydrogen-bond donors (Lipinski definition) is 2. The van der Waals surface area contributed by atoms with Gasteiger partial charge in [0.1, 0.15) is 11.4 Å². The fraction of sp³-hybridized carbons (Fsp3) is 0.300. The number of carbonyl (C=O) groups is 1. The molecule has 1 atom stereocenters. The lowest BCUT2D eigenvalue weighted by atomic mass is 10.2. The number of anilines is 1. The van der Waals surface area contributed by atoms with Gasteiger partial charge in [-0.2, -0.15) is 0 Å². The minimum absolute atomic E-state index is 0.0341. The molecule has 1 aliphatic rings. The minimum Gasteiger partial charge on any atom is -0.506 e. The Hall–Kier alpha value is -1.07. The standard InChI is InChI=1S/C10H10BrNO3/c11-7-2-1-3-8(14)10(7)12-5-6(13)4-9(12)15/h1-3,6,13-14H,4-5H2. The van der Waals surface area contributed by atoms with Crippen LogP contribution in [0.4, 0.5) is 5.69 Å². The van der Waals surface area contributed by atoms with Crippen LogP contribution in [0.1, 0.15) is 6.42 Å². The van der Waals surface area contributed by atoms with Crippen LogP contribution in [0.5, 0.6) is 5.75 Å². The summed E-state index contributed by atoms with van der Waals surface area (Å²) in [5.74, 6) is -0.142. The molecule has 1 amide bonds. The van der Waals surface area contributed by atoms with E-state index >= 15 is 0 Å². The van der Waals surface area contributed by atoms with E-state index in [4.69, 9.17) is 0 Å². The number of rotatable bonds is 1. The van der Waals surface area contributed by atoms with Crippen LogP contribution < -0.4 is 4.90 Å². The number of aromatic hydroxyl groups is 1. The zero-order valence-corrected chi connectivity index (χ0v) is 9.44. The Morgan fingerprint density at radius 3 is 2.73 bits per heavy atom. The summed E-state index contributed by atoms with van der Waals surface area (Å²) in [7, 11) is 0. The van der Waals surface area contributed by atoms with E-state index in [1.165, 1.54) is 11.0 Å². The first-order valence-corrected chi connectivity index (χ1v) is 5.35. The number of aliphatic hydroxyl groups is 1. The number of para-hydroxylation sites is 1.